The van der Waals surface area contributed by atoms with Gasteiger partial charge >= 0.3 is 5.97 Å². The maximum atomic E-state index is 11.0. The zero-order valence-electron chi connectivity index (χ0n) is 12.5. The van der Waals surface area contributed by atoms with Crippen molar-refractivity contribution < 1.29 is 9.53 Å². The van der Waals surface area contributed by atoms with Crippen LogP contribution in [0.4, 0.5) is 0 Å². The van der Waals surface area contributed by atoms with E-state index in [4.69, 9.17) is 0 Å². The standard InChI is InChI=1S/C16H30O2/c1-4-5-6-7-8-9-10-11-12-13-15(2)14-16(17)18-3/h14H,4-13H2,1-3H3. The second-order valence-corrected chi connectivity index (χ2v) is 5.09. The Kier molecular flexibility index (Phi) is 12.1. The summed E-state index contributed by atoms with van der Waals surface area (Å²) in [6.07, 6.45) is 14.7. The molecule has 0 aliphatic carbocycles. The van der Waals surface area contributed by atoms with E-state index in [2.05, 4.69) is 11.7 Å². The van der Waals surface area contributed by atoms with Gasteiger partial charge in [-0.1, -0.05) is 63.9 Å². The number of hydrogen-bond acceptors (Lipinski definition) is 2. The predicted molar refractivity (Wildman–Crippen MR) is 77.6 cm³/mol. The molecule has 0 rings (SSSR count). The van der Waals surface area contributed by atoms with E-state index in [1.54, 1.807) is 6.08 Å². The van der Waals surface area contributed by atoms with Gasteiger partial charge in [0.2, 0.25) is 0 Å². The molecule has 18 heavy (non-hydrogen) atoms. The molecule has 0 unspecified atom stereocenters. The number of methoxy groups -OCH3 is 1. The Labute approximate surface area is 113 Å². The summed E-state index contributed by atoms with van der Waals surface area (Å²) >= 11 is 0. The van der Waals surface area contributed by atoms with Gasteiger partial charge in [0, 0.05) is 6.08 Å². The van der Waals surface area contributed by atoms with E-state index in [0.717, 1.165) is 12.0 Å². The summed E-state index contributed by atoms with van der Waals surface area (Å²) in [4.78, 5) is 11.0. The molecule has 0 aliphatic rings. The summed E-state index contributed by atoms with van der Waals surface area (Å²) in [6, 6.07) is 0. The molecule has 0 saturated carbocycles. The van der Waals surface area contributed by atoms with Crippen LogP contribution in [0.3, 0.4) is 0 Å². The quantitative estimate of drug-likeness (QED) is 0.294. The fraction of sp³-hybridized carbons (Fsp3) is 0.812. The number of ether oxygens (including phenoxy) is 1. The largest absolute Gasteiger partial charge is 0.466 e. The normalized spacial score (nSPS) is 11.6. The zero-order valence-corrected chi connectivity index (χ0v) is 12.5. The number of carbonyl (C=O) groups excluding carboxylic acids is 1. The van der Waals surface area contributed by atoms with Crippen molar-refractivity contribution in [1.82, 2.24) is 0 Å². The maximum absolute atomic E-state index is 11.0. The highest BCUT2D eigenvalue weighted by Crippen LogP contribution is 2.13. The summed E-state index contributed by atoms with van der Waals surface area (Å²) in [5.41, 5.74) is 1.13. The van der Waals surface area contributed by atoms with Crippen LogP contribution in [0.25, 0.3) is 0 Å². The second-order valence-electron chi connectivity index (χ2n) is 5.09. The van der Waals surface area contributed by atoms with Crippen LogP contribution in [-0.4, -0.2) is 13.1 Å². The SMILES string of the molecule is CCCCCCCCCCCC(C)=CC(=O)OC. The summed E-state index contributed by atoms with van der Waals surface area (Å²) < 4.78 is 4.60. The van der Waals surface area contributed by atoms with Crippen molar-refractivity contribution in [2.24, 2.45) is 0 Å². The molecule has 0 N–H and O–H groups in total. The van der Waals surface area contributed by atoms with Gasteiger partial charge in [0.15, 0.2) is 0 Å². The van der Waals surface area contributed by atoms with Crippen molar-refractivity contribution in [2.75, 3.05) is 7.11 Å². The second kappa shape index (κ2) is 12.7. The molecule has 0 heterocycles. The van der Waals surface area contributed by atoms with Gasteiger partial charge in [-0.3, -0.25) is 0 Å². The van der Waals surface area contributed by atoms with Crippen molar-refractivity contribution in [3.8, 4) is 0 Å². The van der Waals surface area contributed by atoms with E-state index in [1.165, 1.54) is 64.9 Å². The lowest BCUT2D eigenvalue weighted by molar-refractivity contribution is -0.134. The fourth-order valence-corrected chi connectivity index (χ4v) is 2.05. The molecule has 0 bridgehead atoms. The Morgan fingerprint density at radius 1 is 0.944 bits per heavy atom. The fourth-order valence-electron chi connectivity index (χ4n) is 2.05. The molecule has 0 radical (unpaired) electrons. The Morgan fingerprint density at radius 2 is 1.44 bits per heavy atom. The van der Waals surface area contributed by atoms with Crippen molar-refractivity contribution >= 4 is 5.97 Å². The smallest absolute Gasteiger partial charge is 0.330 e. The van der Waals surface area contributed by atoms with Crippen LogP contribution in [0.5, 0.6) is 0 Å². The molecule has 0 spiro atoms. The molecule has 0 aliphatic heterocycles. The van der Waals surface area contributed by atoms with Gasteiger partial charge < -0.3 is 4.74 Å². The monoisotopic (exact) mass is 254 g/mol. The number of carbonyl (C=O) groups is 1. The molecule has 2 heteroatoms. The first-order chi connectivity index (χ1) is 8.70. The number of allylic oxidation sites excluding steroid dienone is 1. The third kappa shape index (κ3) is 11.7. The number of hydrogen-bond donors (Lipinski definition) is 0. The highest BCUT2D eigenvalue weighted by molar-refractivity contribution is 5.82. The van der Waals surface area contributed by atoms with E-state index < -0.39 is 0 Å². The van der Waals surface area contributed by atoms with Crippen molar-refractivity contribution in [3.63, 3.8) is 0 Å². The summed E-state index contributed by atoms with van der Waals surface area (Å²) in [5, 5.41) is 0. The van der Waals surface area contributed by atoms with Gasteiger partial charge in [0.1, 0.15) is 0 Å². The lowest BCUT2D eigenvalue weighted by Gasteiger charge is -2.02. The minimum absolute atomic E-state index is 0.233. The van der Waals surface area contributed by atoms with Crippen LogP contribution < -0.4 is 0 Å². The Hall–Kier alpha value is -0.790. The molecule has 0 amide bonds. The molecule has 0 aromatic carbocycles. The Balaban J connectivity index is 3.30. The summed E-state index contributed by atoms with van der Waals surface area (Å²) in [6.45, 7) is 4.26. The lowest BCUT2D eigenvalue weighted by atomic mass is 10.0. The highest BCUT2D eigenvalue weighted by Gasteiger charge is 1.97. The van der Waals surface area contributed by atoms with Gasteiger partial charge in [-0.15, -0.1) is 0 Å². The minimum atomic E-state index is -0.233. The average Bonchev–Trinajstić information content (AvgIpc) is 2.36. The number of esters is 1. The summed E-state index contributed by atoms with van der Waals surface area (Å²) in [7, 11) is 1.42. The Morgan fingerprint density at radius 3 is 1.94 bits per heavy atom. The molecule has 0 atom stereocenters. The molecule has 0 aromatic heterocycles. The molecule has 106 valence electrons. The maximum Gasteiger partial charge on any atom is 0.330 e. The van der Waals surface area contributed by atoms with E-state index in [9.17, 15) is 4.79 Å². The predicted octanol–water partition coefficient (Wildman–Crippen LogP) is 5.03. The van der Waals surface area contributed by atoms with E-state index >= 15 is 0 Å². The Bertz CT molecular complexity index is 231. The third-order valence-corrected chi connectivity index (χ3v) is 3.24. The van der Waals surface area contributed by atoms with Gasteiger partial charge in [0.05, 0.1) is 7.11 Å². The number of rotatable bonds is 11. The average molecular weight is 254 g/mol. The molecule has 0 saturated heterocycles. The molecular formula is C16H30O2. The van der Waals surface area contributed by atoms with Crippen LogP contribution in [0.2, 0.25) is 0 Å². The topological polar surface area (TPSA) is 26.3 Å². The highest BCUT2D eigenvalue weighted by atomic mass is 16.5. The molecule has 2 nitrogen and oxygen atoms in total. The van der Waals surface area contributed by atoms with Crippen LogP contribution in [0, 0.1) is 0 Å². The van der Waals surface area contributed by atoms with Crippen LogP contribution in [0.1, 0.15) is 78.1 Å². The first kappa shape index (κ1) is 17.2. The lowest BCUT2D eigenvalue weighted by Crippen LogP contribution is -1.96. The first-order valence-electron chi connectivity index (χ1n) is 7.45. The summed E-state index contributed by atoms with van der Waals surface area (Å²) in [5.74, 6) is -0.233. The van der Waals surface area contributed by atoms with E-state index in [0.29, 0.717) is 0 Å². The van der Waals surface area contributed by atoms with E-state index in [1.807, 2.05) is 6.92 Å². The zero-order chi connectivity index (χ0) is 13.6. The number of unbranched alkanes of at least 4 members (excludes halogenated alkanes) is 8. The minimum Gasteiger partial charge on any atom is -0.466 e. The van der Waals surface area contributed by atoms with Gasteiger partial charge in [-0.2, -0.15) is 0 Å². The first-order valence-corrected chi connectivity index (χ1v) is 7.45. The van der Waals surface area contributed by atoms with Crippen LogP contribution in [-0.2, 0) is 9.53 Å². The van der Waals surface area contributed by atoms with Crippen molar-refractivity contribution in [3.05, 3.63) is 11.6 Å². The van der Waals surface area contributed by atoms with Crippen LogP contribution in [0.15, 0.2) is 11.6 Å². The molecule has 0 fully saturated rings. The molecule has 0 aromatic rings. The van der Waals surface area contributed by atoms with E-state index in [-0.39, 0.29) is 5.97 Å². The van der Waals surface area contributed by atoms with Crippen molar-refractivity contribution in [2.45, 2.75) is 78.1 Å². The van der Waals surface area contributed by atoms with Gasteiger partial charge in [-0.05, 0) is 19.8 Å². The van der Waals surface area contributed by atoms with Crippen molar-refractivity contribution in [1.29, 1.82) is 0 Å². The van der Waals surface area contributed by atoms with Gasteiger partial charge in [-0.25, -0.2) is 4.79 Å². The van der Waals surface area contributed by atoms with Gasteiger partial charge in [0.25, 0.3) is 0 Å². The third-order valence-electron chi connectivity index (χ3n) is 3.24. The molecular weight excluding hydrogens is 224 g/mol. The van der Waals surface area contributed by atoms with Crippen LogP contribution >= 0.6 is 0 Å².